The molecule has 1 N–H and O–H groups in total. The summed E-state index contributed by atoms with van der Waals surface area (Å²) < 4.78 is 16.5. The third-order valence-electron chi connectivity index (χ3n) is 4.84. The highest BCUT2D eigenvalue weighted by molar-refractivity contribution is 5.42. The number of hydrogen-bond acceptors (Lipinski definition) is 4. The van der Waals surface area contributed by atoms with Crippen LogP contribution in [0, 0.1) is 5.92 Å². The fraction of sp³-hybridized carbons (Fsp3) is 0.714. The monoisotopic (exact) mass is 351 g/mol. The van der Waals surface area contributed by atoms with E-state index < -0.39 is 5.97 Å². The molecule has 25 heavy (non-hydrogen) atoms. The minimum atomic E-state index is -0.930. The van der Waals surface area contributed by atoms with Crippen molar-refractivity contribution in [2.45, 2.75) is 64.3 Å². The number of para-hydroxylation sites is 1. The van der Waals surface area contributed by atoms with Crippen molar-refractivity contribution in [3.05, 3.63) is 30.3 Å². The van der Waals surface area contributed by atoms with Crippen LogP contribution in [0.3, 0.4) is 0 Å². The molecule has 0 aliphatic heterocycles. The zero-order valence-electron chi connectivity index (χ0n) is 16.6. The molecule has 0 spiro atoms. The highest BCUT2D eigenvalue weighted by Crippen LogP contribution is 2.28. The summed E-state index contributed by atoms with van der Waals surface area (Å²) in [4.78, 5) is 0. The van der Waals surface area contributed by atoms with Crippen molar-refractivity contribution in [1.82, 2.24) is 0 Å². The number of unbranched alkanes of at least 4 members (excludes halogenated alkanes) is 4. The number of ether oxygens (including phenoxy) is 3. The fourth-order valence-electron chi connectivity index (χ4n) is 3.22. The zero-order valence-corrected chi connectivity index (χ0v) is 16.6. The molecule has 1 aromatic carbocycles. The Bertz CT molecular complexity index is 412. The van der Waals surface area contributed by atoms with Gasteiger partial charge in [0.25, 0.3) is 5.97 Å². The summed E-state index contributed by atoms with van der Waals surface area (Å²) in [5.74, 6) is -0.432. The minimum absolute atomic E-state index is 0.498. The number of hydrogen-bond donors (Lipinski definition) is 1. The van der Waals surface area contributed by atoms with Crippen LogP contribution in [0.4, 0.5) is 5.69 Å². The Morgan fingerprint density at radius 1 is 0.880 bits per heavy atom. The maximum Gasteiger partial charge on any atom is 0.282 e. The van der Waals surface area contributed by atoms with E-state index in [0.717, 1.165) is 19.4 Å². The average Bonchev–Trinajstić information content (AvgIpc) is 2.66. The Balaban J connectivity index is 2.50. The molecule has 0 radical (unpaired) electrons. The number of rotatable bonds is 15. The molecule has 0 saturated heterocycles. The molecule has 4 nitrogen and oxygen atoms in total. The summed E-state index contributed by atoms with van der Waals surface area (Å²) in [6.45, 7) is 3.19. The van der Waals surface area contributed by atoms with Crippen LogP contribution in [0.2, 0.25) is 0 Å². The predicted molar refractivity (Wildman–Crippen MR) is 105 cm³/mol. The smallest absolute Gasteiger partial charge is 0.282 e. The van der Waals surface area contributed by atoms with Crippen LogP contribution in [0.5, 0.6) is 0 Å². The van der Waals surface area contributed by atoms with E-state index in [-0.39, 0.29) is 0 Å². The van der Waals surface area contributed by atoms with Crippen molar-refractivity contribution in [3.8, 4) is 0 Å². The van der Waals surface area contributed by atoms with Gasteiger partial charge in [-0.25, -0.2) is 0 Å². The van der Waals surface area contributed by atoms with Gasteiger partial charge in [0, 0.05) is 40.0 Å². The van der Waals surface area contributed by atoms with E-state index in [1.165, 1.54) is 44.2 Å². The van der Waals surface area contributed by atoms with Crippen molar-refractivity contribution in [2.75, 3.05) is 33.2 Å². The lowest BCUT2D eigenvalue weighted by molar-refractivity contribution is -0.359. The molecule has 1 aromatic rings. The maximum atomic E-state index is 5.51. The van der Waals surface area contributed by atoms with Crippen molar-refractivity contribution in [3.63, 3.8) is 0 Å². The first kappa shape index (κ1) is 21.9. The number of benzene rings is 1. The van der Waals surface area contributed by atoms with Gasteiger partial charge < -0.3 is 19.5 Å². The second-order valence-electron chi connectivity index (χ2n) is 6.65. The molecular weight excluding hydrogens is 314 g/mol. The molecule has 0 aliphatic carbocycles. The highest BCUT2D eigenvalue weighted by Gasteiger charge is 2.32. The Labute approximate surface area is 154 Å². The first-order valence-corrected chi connectivity index (χ1v) is 9.64. The third-order valence-corrected chi connectivity index (χ3v) is 4.84. The van der Waals surface area contributed by atoms with Gasteiger partial charge in [0.15, 0.2) is 0 Å². The van der Waals surface area contributed by atoms with Crippen LogP contribution >= 0.6 is 0 Å². The first-order valence-electron chi connectivity index (χ1n) is 9.64. The molecule has 0 saturated carbocycles. The van der Waals surface area contributed by atoms with Crippen LogP contribution in [-0.4, -0.2) is 33.8 Å². The van der Waals surface area contributed by atoms with Crippen molar-refractivity contribution in [2.24, 2.45) is 5.92 Å². The predicted octanol–water partition coefficient (Wildman–Crippen LogP) is 5.45. The molecule has 0 amide bonds. The van der Waals surface area contributed by atoms with Gasteiger partial charge in [-0.3, -0.25) is 0 Å². The van der Waals surface area contributed by atoms with Gasteiger partial charge >= 0.3 is 0 Å². The van der Waals surface area contributed by atoms with Crippen LogP contribution in [0.15, 0.2) is 30.3 Å². The molecule has 4 heteroatoms. The summed E-state index contributed by atoms with van der Waals surface area (Å²) in [6.07, 6.45) is 9.50. The summed E-state index contributed by atoms with van der Waals surface area (Å²) in [7, 11) is 4.94. The fourth-order valence-corrected chi connectivity index (χ4v) is 3.22. The van der Waals surface area contributed by atoms with Crippen LogP contribution < -0.4 is 5.32 Å². The van der Waals surface area contributed by atoms with Crippen molar-refractivity contribution < 1.29 is 14.2 Å². The summed E-state index contributed by atoms with van der Waals surface area (Å²) >= 11 is 0. The van der Waals surface area contributed by atoms with E-state index >= 15 is 0 Å². The van der Waals surface area contributed by atoms with Crippen LogP contribution in [0.25, 0.3) is 0 Å². The largest absolute Gasteiger partial charge is 0.385 e. The minimum Gasteiger partial charge on any atom is -0.385 e. The molecule has 0 heterocycles. The van der Waals surface area contributed by atoms with Gasteiger partial charge in [-0.05, 0) is 24.5 Å². The summed E-state index contributed by atoms with van der Waals surface area (Å²) in [5.41, 5.74) is 1.17. The third kappa shape index (κ3) is 8.70. The molecule has 144 valence electrons. The second kappa shape index (κ2) is 13.2. The number of methoxy groups -OCH3 is 3. The van der Waals surface area contributed by atoms with Gasteiger partial charge in [-0.2, -0.15) is 0 Å². The first-order chi connectivity index (χ1) is 12.2. The summed E-state index contributed by atoms with van der Waals surface area (Å²) in [6, 6.07) is 10.3. The van der Waals surface area contributed by atoms with Crippen molar-refractivity contribution >= 4 is 5.69 Å². The molecule has 0 bridgehead atoms. The normalized spacial score (nSPS) is 13.0. The molecule has 0 fully saturated rings. The highest BCUT2D eigenvalue weighted by atomic mass is 16.9. The quantitative estimate of drug-likeness (QED) is 0.337. The van der Waals surface area contributed by atoms with E-state index in [4.69, 9.17) is 14.2 Å². The van der Waals surface area contributed by atoms with E-state index in [1.807, 2.05) is 6.07 Å². The van der Waals surface area contributed by atoms with Gasteiger partial charge in [0.05, 0.1) is 0 Å². The Morgan fingerprint density at radius 3 is 2.12 bits per heavy atom. The lowest BCUT2D eigenvalue weighted by Crippen LogP contribution is -2.38. The molecule has 1 rings (SSSR count). The number of anilines is 1. The van der Waals surface area contributed by atoms with Gasteiger partial charge in [0.2, 0.25) is 0 Å². The van der Waals surface area contributed by atoms with E-state index in [2.05, 4.69) is 36.5 Å². The van der Waals surface area contributed by atoms with E-state index in [1.54, 1.807) is 21.3 Å². The molecule has 0 aliphatic rings. The van der Waals surface area contributed by atoms with Gasteiger partial charge in [-0.15, -0.1) is 0 Å². The van der Waals surface area contributed by atoms with E-state index in [0.29, 0.717) is 5.92 Å². The van der Waals surface area contributed by atoms with Crippen molar-refractivity contribution in [1.29, 1.82) is 0 Å². The molecule has 1 unspecified atom stereocenters. The molecule has 0 aromatic heterocycles. The Morgan fingerprint density at radius 2 is 1.52 bits per heavy atom. The van der Waals surface area contributed by atoms with Crippen LogP contribution in [0.1, 0.15) is 58.3 Å². The standard InChI is InChI=1S/C21H37NO3/c1-5-6-7-8-10-13-19(18-21(23-2,24-3)25-4)16-17-22-20-14-11-9-12-15-20/h9,11-12,14-15,19,22H,5-8,10,13,16-18H2,1-4H3. The average molecular weight is 352 g/mol. The lowest BCUT2D eigenvalue weighted by Gasteiger charge is -2.32. The van der Waals surface area contributed by atoms with E-state index in [9.17, 15) is 0 Å². The lowest BCUT2D eigenvalue weighted by atomic mass is 9.92. The Kier molecular flexibility index (Phi) is 11.5. The van der Waals surface area contributed by atoms with Gasteiger partial charge in [-0.1, -0.05) is 63.6 Å². The van der Waals surface area contributed by atoms with Crippen LogP contribution in [-0.2, 0) is 14.2 Å². The zero-order chi connectivity index (χ0) is 18.4. The maximum absolute atomic E-state index is 5.51. The van der Waals surface area contributed by atoms with Gasteiger partial charge in [0.1, 0.15) is 0 Å². The topological polar surface area (TPSA) is 39.7 Å². The number of nitrogens with one attached hydrogen (secondary N) is 1. The SMILES string of the molecule is CCCCCCCC(CCNc1ccccc1)CC(OC)(OC)OC. The second-order valence-corrected chi connectivity index (χ2v) is 6.65. The summed E-state index contributed by atoms with van der Waals surface area (Å²) in [5, 5.41) is 3.50. The Hall–Kier alpha value is -1.10. The molecular formula is C21H37NO3. The molecule has 1 atom stereocenters.